The zero-order valence-corrected chi connectivity index (χ0v) is 11.0. The van der Waals surface area contributed by atoms with Gasteiger partial charge in [0.2, 0.25) is 0 Å². The summed E-state index contributed by atoms with van der Waals surface area (Å²) >= 11 is 6.04. The van der Waals surface area contributed by atoms with Gasteiger partial charge in [-0.1, -0.05) is 23.7 Å². The summed E-state index contributed by atoms with van der Waals surface area (Å²) in [4.78, 5) is 0. The fourth-order valence-corrected chi connectivity index (χ4v) is 1.65. The Morgan fingerprint density at radius 3 is 2.88 bits per heavy atom. The lowest BCUT2D eigenvalue weighted by molar-refractivity contribution is 0.0907. The molecule has 0 unspecified atom stereocenters. The zero-order valence-electron chi connectivity index (χ0n) is 10.2. The predicted molar refractivity (Wildman–Crippen MR) is 70.4 cm³/mol. The summed E-state index contributed by atoms with van der Waals surface area (Å²) in [7, 11) is 0. The number of aliphatic hydroxyl groups excluding tert-OH is 1. The van der Waals surface area contributed by atoms with E-state index in [1.54, 1.807) is 0 Å². The van der Waals surface area contributed by atoms with Crippen LogP contribution in [0.4, 0.5) is 0 Å². The Kier molecular flexibility index (Phi) is 7.21. The maximum atomic E-state index is 8.51. The monoisotopic (exact) mass is 257 g/mol. The topological polar surface area (TPSA) is 41.5 Å². The molecule has 0 fully saturated rings. The summed E-state index contributed by atoms with van der Waals surface area (Å²) < 4.78 is 5.16. The van der Waals surface area contributed by atoms with E-state index in [-0.39, 0.29) is 6.61 Å². The van der Waals surface area contributed by atoms with Crippen LogP contribution >= 0.6 is 11.6 Å². The van der Waals surface area contributed by atoms with Gasteiger partial charge in [-0.05, 0) is 37.1 Å². The Labute approximate surface area is 108 Å². The van der Waals surface area contributed by atoms with Crippen molar-refractivity contribution in [3.05, 3.63) is 34.3 Å². The van der Waals surface area contributed by atoms with Crippen LogP contribution in [-0.2, 0) is 11.3 Å². The smallest absolute Gasteiger partial charge is 0.0697 e. The Bertz CT molecular complexity index is 331. The van der Waals surface area contributed by atoms with Gasteiger partial charge in [0, 0.05) is 18.2 Å². The molecule has 1 rings (SSSR count). The predicted octanol–water partition coefficient (Wildman–Crippen LogP) is 2.14. The van der Waals surface area contributed by atoms with Crippen LogP contribution in [0.1, 0.15) is 17.5 Å². The van der Waals surface area contributed by atoms with Crippen LogP contribution in [0.15, 0.2) is 18.2 Å². The van der Waals surface area contributed by atoms with E-state index >= 15 is 0 Å². The standard InChI is InChI=1S/C13H20ClNO2/c1-11-3-4-12(9-13(11)14)10-15-5-2-7-17-8-6-16/h3-4,9,15-16H,2,5-8,10H2,1H3. The molecule has 17 heavy (non-hydrogen) atoms. The van der Waals surface area contributed by atoms with Crippen molar-refractivity contribution in [1.29, 1.82) is 0 Å². The van der Waals surface area contributed by atoms with Gasteiger partial charge in [0.25, 0.3) is 0 Å². The van der Waals surface area contributed by atoms with Crippen LogP contribution < -0.4 is 5.32 Å². The first-order valence-electron chi connectivity index (χ1n) is 5.88. The molecule has 1 aromatic carbocycles. The molecule has 0 atom stereocenters. The van der Waals surface area contributed by atoms with Crippen molar-refractivity contribution in [2.45, 2.75) is 19.9 Å². The molecule has 0 amide bonds. The van der Waals surface area contributed by atoms with Crippen LogP contribution in [0.3, 0.4) is 0 Å². The van der Waals surface area contributed by atoms with E-state index in [2.05, 4.69) is 11.4 Å². The normalized spacial score (nSPS) is 10.8. The summed E-state index contributed by atoms with van der Waals surface area (Å²) in [6.45, 7) is 4.92. The van der Waals surface area contributed by atoms with Crippen LogP contribution in [-0.4, -0.2) is 31.5 Å². The fraction of sp³-hybridized carbons (Fsp3) is 0.538. The molecule has 0 aliphatic heterocycles. The fourth-order valence-electron chi connectivity index (χ4n) is 1.44. The van der Waals surface area contributed by atoms with Gasteiger partial charge in [-0.2, -0.15) is 0 Å². The minimum atomic E-state index is 0.0926. The van der Waals surface area contributed by atoms with Crippen LogP contribution in [0.25, 0.3) is 0 Å². The molecular formula is C13H20ClNO2. The van der Waals surface area contributed by atoms with Crippen molar-refractivity contribution in [1.82, 2.24) is 5.32 Å². The first-order valence-corrected chi connectivity index (χ1v) is 6.26. The first kappa shape index (κ1) is 14.5. The van der Waals surface area contributed by atoms with Gasteiger partial charge in [-0.3, -0.25) is 0 Å². The molecule has 0 aromatic heterocycles. The van der Waals surface area contributed by atoms with E-state index in [4.69, 9.17) is 21.4 Å². The number of aryl methyl sites for hydroxylation is 1. The number of ether oxygens (including phenoxy) is 1. The van der Waals surface area contributed by atoms with Gasteiger partial charge in [0.15, 0.2) is 0 Å². The lowest BCUT2D eigenvalue weighted by Crippen LogP contribution is -2.16. The molecule has 4 heteroatoms. The number of nitrogens with one attached hydrogen (secondary N) is 1. The molecule has 3 nitrogen and oxygen atoms in total. The number of halogens is 1. The van der Waals surface area contributed by atoms with Crippen LogP contribution in [0.2, 0.25) is 5.02 Å². The van der Waals surface area contributed by atoms with E-state index in [0.717, 1.165) is 30.1 Å². The van der Waals surface area contributed by atoms with E-state index in [0.29, 0.717) is 13.2 Å². The lowest BCUT2D eigenvalue weighted by atomic mass is 10.1. The summed E-state index contributed by atoms with van der Waals surface area (Å²) in [5.74, 6) is 0. The third-order valence-corrected chi connectivity index (χ3v) is 2.85. The maximum Gasteiger partial charge on any atom is 0.0697 e. The molecule has 0 saturated carbocycles. The Balaban J connectivity index is 2.11. The molecule has 0 bridgehead atoms. The zero-order chi connectivity index (χ0) is 12.5. The van der Waals surface area contributed by atoms with E-state index in [1.807, 2.05) is 19.1 Å². The molecule has 0 aliphatic carbocycles. The Morgan fingerprint density at radius 1 is 1.35 bits per heavy atom. The highest BCUT2D eigenvalue weighted by atomic mass is 35.5. The molecule has 0 heterocycles. The summed E-state index contributed by atoms with van der Waals surface area (Å²) in [5, 5.41) is 12.7. The van der Waals surface area contributed by atoms with Crippen molar-refractivity contribution < 1.29 is 9.84 Å². The average Bonchev–Trinajstić information content (AvgIpc) is 2.32. The average molecular weight is 258 g/mol. The highest BCUT2D eigenvalue weighted by molar-refractivity contribution is 6.31. The quantitative estimate of drug-likeness (QED) is 0.701. The van der Waals surface area contributed by atoms with Gasteiger partial charge in [-0.25, -0.2) is 0 Å². The Morgan fingerprint density at radius 2 is 2.18 bits per heavy atom. The van der Waals surface area contributed by atoms with Gasteiger partial charge in [-0.15, -0.1) is 0 Å². The number of hydrogen-bond acceptors (Lipinski definition) is 3. The van der Waals surface area contributed by atoms with Gasteiger partial charge in [0.1, 0.15) is 0 Å². The third-order valence-electron chi connectivity index (χ3n) is 2.44. The number of hydrogen-bond donors (Lipinski definition) is 2. The van der Waals surface area contributed by atoms with Crippen molar-refractivity contribution in [3.63, 3.8) is 0 Å². The van der Waals surface area contributed by atoms with E-state index in [9.17, 15) is 0 Å². The second kappa shape index (κ2) is 8.48. The van der Waals surface area contributed by atoms with Gasteiger partial charge in [0.05, 0.1) is 13.2 Å². The van der Waals surface area contributed by atoms with Crippen molar-refractivity contribution >= 4 is 11.6 Å². The van der Waals surface area contributed by atoms with Gasteiger partial charge >= 0.3 is 0 Å². The number of aliphatic hydroxyl groups is 1. The van der Waals surface area contributed by atoms with E-state index < -0.39 is 0 Å². The molecule has 0 saturated heterocycles. The molecule has 0 aliphatic rings. The number of benzene rings is 1. The third kappa shape index (κ3) is 6.03. The van der Waals surface area contributed by atoms with Crippen molar-refractivity contribution in [2.24, 2.45) is 0 Å². The number of rotatable bonds is 8. The summed E-state index contributed by atoms with van der Waals surface area (Å²) in [6.07, 6.45) is 0.944. The molecule has 1 aromatic rings. The molecule has 2 N–H and O–H groups in total. The van der Waals surface area contributed by atoms with Crippen LogP contribution in [0, 0.1) is 6.92 Å². The Hall–Kier alpha value is -0.610. The summed E-state index contributed by atoms with van der Waals surface area (Å²) in [5.41, 5.74) is 2.30. The lowest BCUT2D eigenvalue weighted by Gasteiger charge is -2.06. The molecule has 0 spiro atoms. The second-order valence-corrected chi connectivity index (χ2v) is 4.36. The maximum absolute atomic E-state index is 8.51. The van der Waals surface area contributed by atoms with Crippen LogP contribution in [0.5, 0.6) is 0 Å². The molecule has 96 valence electrons. The first-order chi connectivity index (χ1) is 8.24. The van der Waals surface area contributed by atoms with Gasteiger partial charge < -0.3 is 15.2 Å². The van der Waals surface area contributed by atoms with Crippen molar-refractivity contribution in [2.75, 3.05) is 26.4 Å². The SMILES string of the molecule is Cc1ccc(CNCCCOCCO)cc1Cl. The van der Waals surface area contributed by atoms with E-state index in [1.165, 1.54) is 5.56 Å². The largest absolute Gasteiger partial charge is 0.394 e. The summed E-state index contributed by atoms with van der Waals surface area (Å²) in [6, 6.07) is 6.10. The minimum absolute atomic E-state index is 0.0926. The molecular weight excluding hydrogens is 238 g/mol. The minimum Gasteiger partial charge on any atom is -0.394 e. The second-order valence-electron chi connectivity index (χ2n) is 3.95. The van der Waals surface area contributed by atoms with Crippen molar-refractivity contribution in [3.8, 4) is 0 Å². The molecule has 0 radical (unpaired) electrons. The highest BCUT2D eigenvalue weighted by Crippen LogP contribution is 2.16. The highest BCUT2D eigenvalue weighted by Gasteiger charge is 1.97.